The van der Waals surface area contributed by atoms with E-state index >= 15 is 0 Å². The van der Waals surface area contributed by atoms with Gasteiger partial charge in [0.25, 0.3) is 0 Å². The molecule has 0 aliphatic rings. The molecule has 0 unspecified atom stereocenters. The van der Waals surface area contributed by atoms with Crippen molar-refractivity contribution in [3.05, 3.63) is 59.2 Å². The molecule has 0 radical (unpaired) electrons. The Labute approximate surface area is 128 Å². The highest BCUT2D eigenvalue weighted by Gasteiger charge is 2.17. The van der Waals surface area contributed by atoms with Gasteiger partial charge in [0.1, 0.15) is 0 Å². The molecule has 0 spiro atoms. The van der Waals surface area contributed by atoms with E-state index < -0.39 is 17.6 Å². The summed E-state index contributed by atoms with van der Waals surface area (Å²) in [5.41, 5.74) is 1.31. The number of rotatable bonds is 4. The van der Waals surface area contributed by atoms with Gasteiger partial charge in [-0.05, 0) is 36.1 Å². The summed E-state index contributed by atoms with van der Waals surface area (Å²) in [7, 11) is 0. The molecule has 2 N–H and O–H groups in total. The summed E-state index contributed by atoms with van der Waals surface area (Å²) in [6, 6.07) is 5.37. The first-order chi connectivity index (χ1) is 10.5. The molecule has 116 valence electrons. The van der Waals surface area contributed by atoms with Crippen molar-refractivity contribution in [3.8, 4) is 0 Å². The van der Waals surface area contributed by atoms with Crippen LogP contribution < -0.4 is 0 Å². The molecule has 2 aromatic heterocycles. The number of carbonyl (C=O) groups is 2. The molecule has 0 aliphatic heterocycles. The highest BCUT2D eigenvalue weighted by molar-refractivity contribution is 6.00. The van der Waals surface area contributed by atoms with Gasteiger partial charge in [0.2, 0.25) is 0 Å². The molecule has 6 heteroatoms. The lowest BCUT2D eigenvalue weighted by Gasteiger charge is -2.02. The number of hydrogen-bond donors (Lipinski definition) is 2. The zero-order valence-corrected chi connectivity index (χ0v) is 12.5. The van der Waals surface area contributed by atoms with Gasteiger partial charge in [-0.15, -0.1) is 0 Å². The molecule has 6 nitrogen and oxygen atoms in total. The van der Waals surface area contributed by atoms with Crippen LogP contribution in [0.5, 0.6) is 0 Å². The molecular weight excluding hydrogens is 284 g/mol. The first-order valence-electron chi connectivity index (χ1n) is 6.84. The van der Waals surface area contributed by atoms with Gasteiger partial charge in [0.05, 0.1) is 5.56 Å². The van der Waals surface area contributed by atoms with E-state index in [1.165, 1.54) is 17.8 Å². The van der Waals surface area contributed by atoms with E-state index in [9.17, 15) is 9.59 Å². The highest BCUT2D eigenvalue weighted by Crippen LogP contribution is 2.09. The number of pyridine rings is 2. The lowest BCUT2D eigenvalue weighted by atomic mass is 10.1. The van der Waals surface area contributed by atoms with Crippen LogP contribution in [0.2, 0.25) is 0 Å². The van der Waals surface area contributed by atoms with Crippen LogP contribution >= 0.6 is 0 Å². The van der Waals surface area contributed by atoms with Crippen molar-refractivity contribution in [2.45, 2.75) is 26.7 Å². The predicted octanol–water partition coefficient (Wildman–Crippen LogP) is 2.68. The summed E-state index contributed by atoms with van der Waals surface area (Å²) in [5, 5.41) is 17.4. The molecular formula is C16H18N2O4. The van der Waals surface area contributed by atoms with Crippen LogP contribution in [0.3, 0.4) is 0 Å². The van der Waals surface area contributed by atoms with Crippen LogP contribution in [0.25, 0.3) is 0 Å². The summed E-state index contributed by atoms with van der Waals surface area (Å²) in [5.74, 6) is -2.60. The van der Waals surface area contributed by atoms with Crippen LogP contribution in [0.4, 0.5) is 0 Å². The minimum absolute atomic E-state index is 0.267. The van der Waals surface area contributed by atoms with Gasteiger partial charge in [-0.25, -0.2) is 14.6 Å². The van der Waals surface area contributed by atoms with Crippen molar-refractivity contribution >= 4 is 11.9 Å². The minimum atomic E-state index is -1.33. The van der Waals surface area contributed by atoms with Crippen molar-refractivity contribution in [2.24, 2.45) is 0 Å². The van der Waals surface area contributed by atoms with Crippen LogP contribution in [-0.4, -0.2) is 32.1 Å². The molecule has 0 atom stereocenters. The molecule has 22 heavy (non-hydrogen) atoms. The molecule has 0 aromatic carbocycles. The fourth-order valence-electron chi connectivity index (χ4n) is 1.64. The highest BCUT2D eigenvalue weighted by atomic mass is 16.4. The third-order valence-corrected chi connectivity index (χ3v) is 2.92. The van der Waals surface area contributed by atoms with E-state index in [4.69, 9.17) is 10.2 Å². The Hall–Kier alpha value is -2.76. The van der Waals surface area contributed by atoms with Crippen LogP contribution in [-0.2, 0) is 12.8 Å². The molecule has 2 rings (SSSR count). The maximum atomic E-state index is 10.7. The maximum Gasteiger partial charge on any atom is 0.355 e. The molecule has 0 saturated heterocycles. The Morgan fingerprint density at radius 3 is 2.14 bits per heavy atom. The topological polar surface area (TPSA) is 100 Å². The number of aromatic carboxylic acids is 2. The molecule has 0 aliphatic carbocycles. The standard InChI is InChI=1S/C9H9NO4.C7H9N/c1-2-5-3-6(8(11)12)7(9(13)14)10-4-5;1-2-7-4-3-5-8-6-7/h3-4H,2H2,1H3,(H,11,12)(H,13,14);3-6H,2H2,1H3. The average molecular weight is 302 g/mol. The first kappa shape index (κ1) is 17.3. The molecule has 0 saturated carbocycles. The van der Waals surface area contributed by atoms with Crippen molar-refractivity contribution in [1.82, 2.24) is 9.97 Å². The van der Waals surface area contributed by atoms with E-state index in [1.807, 2.05) is 19.2 Å². The van der Waals surface area contributed by atoms with Gasteiger partial charge in [0, 0.05) is 18.6 Å². The summed E-state index contributed by atoms with van der Waals surface area (Å²) < 4.78 is 0. The third-order valence-electron chi connectivity index (χ3n) is 2.92. The second-order valence-corrected chi connectivity index (χ2v) is 4.42. The van der Waals surface area contributed by atoms with Crippen molar-refractivity contribution < 1.29 is 19.8 Å². The number of aromatic nitrogens is 2. The number of aryl methyl sites for hydroxylation is 2. The fourth-order valence-corrected chi connectivity index (χ4v) is 1.64. The monoisotopic (exact) mass is 302 g/mol. The second-order valence-electron chi connectivity index (χ2n) is 4.42. The molecule has 0 bridgehead atoms. The molecule has 0 fully saturated rings. The lowest BCUT2D eigenvalue weighted by Crippen LogP contribution is -2.11. The van der Waals surface area contributed by atoms with Gasteiger partial charge in [0.15, 0.2) is 5.69 Å². The van der Waals surface area contributed by atoms with Crippen molar-refractivity contribution in [2.75, 3.05) is 0 Å². The average Bonchev–Trinajstić information content (AvgIpc) is 2.55. The quantitative estimate of drug-likeness (QED) is 0.900. The van der Waals surface area contributed by atoms with E-state index in [1.54, 1.807) is 6.20 Å². The van der Waals surface area contributed by atoms with E-state index in [2.05, 4.69) is 23.0 Å². The Kier molecular flexibility index (Phi) is 6.69. The summed E-state index contributed by atoms with van der Waals surface area (Å²) in [6.45, 7) is 3.96. The Balaban J connectivity index is 0.000000255. The van der Waals surface area contributed by atoms with E-state index in [-0.39, 0.29) is 5.56 Å². The van der Waals surface area contributed by atoms with Gasteiger partial charge < -0.3 is 10.2 Å². The summed E-state index contributed by atoms with van der Waals surface area (Å²) >= 11 is 0. The predicted molar refractivity (Wildman–Crippen MR) is 81.1 cm³/mol. The Bertz CT molecular complexity index is 642. The third kappa shape index (κ3) is 4.97. The van der Waals surface area contributed by atoms with Gasteiger partial charge in [-0.1, -0.05) is 19.9 Å². The van der Waals surface area contributed by atoms with Gasteiger partial charge >= 0.3 is 11.9 Å². The first-order valence-corrected chi connectivity index (χ1v) is 6.84. The number of carboxylic acid groups (broad SMARTS) is 2. The molecule has 2 heterocycles. The number of carboxylic acids is 2. The molecule has 2 aromatic rings. The van der Waals surface area contributed by atoms with Crippen molar-refractivity contribution in [3.63, 3.8) is 0 Å². The van der Waals surface area contributed by atoms with E-state index in [0.29, 0.717) is 12.0 Å². The second kappa shape index (κ2) is 8.51. The van der Waals surface area contributed by atoms with Crippen LogP contribution in [0.1, 0.15) is 45.8 Å². The van der Waals surface area contributed by atoms with Crippen molar-refractivity contribution in [1.29, 1.82) is 0 Å². The van der Waals surface area contributed by atoms with Crippen LogP contribution in [0.15, 0.2) is 36.8 Å². The zero-order chi connectivity index (χ0) is 16.5. The zero-order valence-electron chi connectivity index (χ0n) is 12.5. The summed E-state index contributed by atoms with van der Waals surface area (Å²) in [6.07, 6.45) is 6.75. The summed E-state index contributed by atoms with van der Waals surface area (Å²) in [4.78, 5) is 28.8. The SMILES string of the molecule is CCc1cccnc1.CCc1cnc(C(=O)O)c(C(=O)O)c1. The van der Waals surface area contributed by atoms with Gasteiger partial charge in [-0.3, -0.25) is 4.98 Å². The minimum Gasteiger partial charge on any atom is -0.478 e. The Morgan fingerprint density at radius 2 is 1.73 bits per heavy atom. The number of hydrogen-bond acceptors (Lipinski definition) is 4. The fraction of sp³-hybridized carbons (Fsp3) is 0.250. The Morgan fingerprint density at radius 1 is 1.05 bits per heavy atom. The van der Waals surface area contributed by atoms with Crippen LogP contribution in [0, 0.1) is 0 Å². The molecule has 0 amide bonds. The maximum absolute atomic E-state index is 10.7. The largest absolute Gasteiger partial charge is 0.478 e. The number of nitrogens with zero attached hydrogens (tertiary/aromatic N) is 2. The van der Waals surface area contributed by atoms with E-state index in [0.717, 1.165) is 6.42 Å². The van der Waals surface area contributed by atoms with Gasteiger partial charge in [-0.2, -0.15) is 0 Å². The lowest BCUT2D eigenvalue weighted by molar-refractivity contribution is 0.0646. The normalized spacial score (nSPS) is 9.55. The smallest absolute Gasteiger partial charge is 0.355 e.